The molecule has 0 saturated heterocycles. The highest BCUT2D eigenvalue weighted by molar-refractivity contribution is 6.23. The second-order valence-electron chi connectivity index (χ2n) is 5.51. The van der Waals surface area contributed by atoms with Crippen LogP contribution in [0.5, 0.6) is 11.5 Å². The Morgan fingerprint density at radius 3 is 2.38 bits per heavy atom. The van der Waals surface area contributed by atoms with Crippen molar-refractivity contribution in [3.8, 4) is 11.5 Å². The van der Waals surface area contributed by atoms with Crippen LogP contribution in [0.15, 0.2) is 42.5 Å². The molecule has 2 rings (SSSR count). The van der Waals surface area contributed by atoms with Crippen molar-refractivity contribution in [3.05, 3.63) is 59.4 Å². The normalized spacial score (nSPS) is 11.5. The predicted molar refractivity (Wildman–Crippen MR) is 92.2 cm³/mol. The minimum absolute atomic E-state index is 0.0636. The molecular weight excluding hydrogens is 309 g/mol. The molecule has 0 bridgehead atoms. The molecule has 2 aromatic carbocycles. The van der Waals surface area contributed by atoms with Gasteiger partial charge < -0.3 is 15.2 Å². The molecule has 2 N–H and O–H groups in total. The number of ether oxygens (including phenoxy) is 2. The summed E-state index contributed by atoms with van der Waals surface area (Å²) in [6.45, 7) is 3.87. The molecule has 0 radical (unpaired) electrons. The van der Waals surface area contributed by atoms with Gasteiger partial charge in [-0.1, -0.05) is 18.2 Å². The van der Waals surface area contributed by atoms with Crippen molar-refractivity contribution in [2.75, 3.05) is 7.11 Å². The molecule has 0 saturated carbocycles. The predicted octanol–water partition coefficient (Wildman–Crippen LogP) is 3.65. The Morgan fingerprint density at radius 2 is 1.83 bits per heavy atom. The molecule has 1 amide bonds. The van der Waals surface area contributed by atoms with Gasteiger partial charge in [0.15, 0.2) is 11.6 Å². The lowest BCUT2D eigenvalue weighted by atomic mass is 10.0. The van der Waals surface area contributed by atoms with Crippen LogP contribution in [0.25, 0.3) is 11.6 Å². The van der Waals surface area contributed by atoms with E-state index in [0.29, 0.717) is 22.4 Å². The minimum atomic E-state index is -0.573. The van der Waals surface area contributed by atoms with E-state index in [2.05, 4.69) is 0 Å². The number of methoxy groups -OCH3 is 1. The van der Waals surface area contributed by atoms with E-state index in [0.717, 1.165) is 0 Å². The lowest BCUT2D eigenvalue weighted by Crippen LogP contribution is -2.13. The molecule has 24 heavy (non-hydrogen) atoms. The van der Waals surface area contributed by atoms with Crippen molar-refractivity contribution in [1.29, 1.82) is 0 Å². The molecule has 2 aromatic rings. The van der Waals surface area contributed by atoms with Gasteiger partial charge in [-0.15, -0.1) is 0 Å². The van der Waals surface area contributed by atoms with E-state index in [4.69, 9.17) is 15.2 Å². The van der Waals surface area contributed by atoms with Gasteiger partial charge in [-0.3, -0.25) is 4.79 Å². The van der Waals surface area contributed by atoms with Crippen LogP contribution in [-0.2, 0) is 4.79 Å². The monoisotopic (exact) mass is 329 g/mol. The molecule has 0 aliphatic heterocycles. The molecule has 0 aromatic heterocycles. The van der Waals surface area contributed by atoms with Crippen LogP contribution in [0.3, 0.4) is 0 Å². The molecule has 0 atom stereocenters. The summed E-state index contributed by atoms with van der Waals surface area (Å²) in [6.07, 6.45) is 1.66. The molecule has 0 spiro atoms. The van der Waals surface area contributed by atoms with Crippen LogP contribution in [0, 0.1) is 5.82 Å². The van der Waals surface area contributed by atoms with Crippen LogP contribution < -0.4 is 15.2 Å². The number of carbonyl (C=O) groups excluding carboxylic acids is 1. The fraction of sp³-hybridized carbons (Fsp3) is 0.211. The number of carbonyl (C=O) groups is 1. The molecule has 126 valence electrons. The SMILES string of the molecule is COc1cc(/C=C(/C(N)=O)c2ccc(OC(C)C)cc2)ccc1F. The van der Waals surface area contributed by atoms with Gasteiger partial charge in [-0.05, 0) is 55.3 Å². The summed E-state index contributed by atoms with van der Waals surface area (Å²) < 4.78 is 24.0. The Morgan fingerprint density at radius 1 is 1.17 bits per heavy atom. The largest absolute Gasteiger partial charge is 0.494 e. The molecule has 5 heteroatoms. The maximum Gasteiger partial charge on any atom is 0.249 e. The Bertz CT molecular complexity index is 752. The zero-order valence-electron chi connectivity index (χ0n) is 13.9. The zero-order chi connectivity index (χ0) is 17.7. The Labute approximate surface area is 140 Å². The smallest absolute Gasteiger partial charge is 0.249 e. The van der Waals surface area contributed by atoms with E-state index >= 15 is 0 Å². The molecule has 0 heterocycles. The van der Waals surface area contributed by atoms with Gasteiger partial charge in [0.1, 0.15) is 5.75 Å². The topological polar surface area (TPSA) is 61.5 Å². The van der Waals surface area contributed by atoms with Crippen molar-refractivity contribution in [3.63, 3.8) is 0 Å². The molecule has 0 fully saturated rings. The summed E-state index contributed by atoms with van der Waals surface area (Å²) >= 11 is 0. The fourth-order valence-corrected chi connectivity index (χ4v) is 2.21. The van der Waals surface area contributed by atoms with E-state index in [9.17, 15) is 9.18 Å². The van der Waals surface area contributed by atoms with Gasteiger partial charge in [-0.25, -0.2) is 4.39 Å². The van der Waals surface area contributed by atoms with Crippen LogP contribution in [0.4, 0.5) is 4.39 Å². The number of halogens is 1. The third-order valence-electron chi connectivity index (χ3n) is 3.29. The van der Waals surface area contributed by atoms with E-state index in [1.807, 2.05) is 13.8 Å². The fourth-order valence-electron chi connectivity index (χ4n) is 2.21. The van der Waals surface area contributed by atoms with Crippen LogP contribution in [0.1, 0.15) is 25.0 Å². The summed E-state index contributed by atoms with van der Waals surface area (Å²) in [7, 11) is 1.38. The van der Waals surface area contributed by atoms with Crippen LogP contribution in [0.2, 0.25) is 0 Å². The lowest BCUT2D eigenvalue weighted by molar-refractivity contribution is -0.112. The van der Waals surface area contributed by atoms with Gasteiger partial charge in [0, 0.05) is 5.57 Å². The first-order chi connectivity index (χ1) is 11.4. The standard InChI is InChI=1S/C19H20FNO3/c1-12(2)24-15-7-5-14(6-8-15)16(19(21)22)10-13-4-9-17(20)18(11-13)23-3/h4-12H,1-3H3,(H2,21,22)/b16-10+. The highest BCUT2D eigenvalue weighted by Gasteiger charge is 2.10. The number of rotatable bonds is 6. The maximum atomic E-state index is 13.5. The lowest BCUT2D eigenvalue weighted by Gasteiger charge is -2.11. The van der Waals surface area contributed by atoms with E-state index < -0.39 is 11.7 Å². The van der Waals surface area contributed by atoms with Crippen LogP contribution in [-0.4, -0.2) is 19.1 Å². The first kappa shape index (κ1) is 17.5. The van der Waals surface area contributed by atoms with Crippen LogP contribution >= 0.6 is 0 Å². The average Bonchev–Trinajstić information content (AvgIpc) is 2.54. The first-order valence-electron chi connectivity index (χ1n) is 7.53. The number of primary amides is 1. The van der Waals surface area contributed by atoms with Gasteiger partial charge >= 0.3 is 0 Å². The number of nitrogens with two attached hydrogens (primary N) is 1. The molecular formula is C19H20FNO3. The minimum Gasteiger partial charge on any atom is -0.494 e. The second-order valence-corrected chi connectivity index (χ2v) is 5.51. The Hall–Kier alpha value is -2.82. The third-order valence-corrected chi connectivity index (χ3v) is 3.29. The first-order valence-corrected chi connectivity index (χ1v) is 7.53. The molecule has 0 aliphatic carbocycles. The molecule has 4 nitrogen and oxygen atoms in total. The van der Waals surface area contributed by atoms with Crippen molar-refractivity contribution in [2.24, 2.45) is 5.73 Å². The van der Waals surface area contributed by atoms with Gasteiger partial charge in [-0.2, -0.15) is 0 Å². The average molecular weight is 329 g/mol. The maximum absolute atomic E-state index is 13.5. The van der Waals surface area contributed by atoms with Gasteiger partial charge in [0.2, 0.25) is 5.91 Å². The number of benzene rings is 2. The van der Waals surface area contributed by atoms with Crippen molar-refractivity contribution < 1.29 is 18.7 Å². The van der Waals surface area contributed by atoms with E-state index in [1.165, 1.54) is 19.2 Å². The number of hydrogen-bond donors (Lipinski definition) is 1. The number of hydrogen-bond acceptors (Lipinski definition) is 3. The summed E-state index contributed by atoms with van der Waals surface area (Å²) in [5, 5.41) is 0. The van der Waals surface area contributed by atoms with Crippen molar-refractivity contribution >= 4 is 17.6 Å². The van der Waals surface area contributed by atoms with Gasteiger partial charge in [0.05, 0.1) is 13.2 Å². The summed E-state index contributed by atoms with van der Waals surface area (Å²) in [5.41, 5.74) is 7.08. The summed E-state index contributed by atoms with van der Waals surface area (Å²) in [5.74, 6) is -0.226. The van der Waals surface area contributed by atoms with Crippen molar-refractivity contribution in [2.45, 2.75) is 20.0 Å². The molecule has 0 aliphatic rings. The highest BCUT2D eigenvalue weighted by Crippen LogP contribution is 2.24. The van der Waals surface area contributed by atoms with Gasteiger partial charge in [0.25, 0.3) is 0 Å². The zero-order valence-corrected chi connectivity index (χ0v) is 13.9. The highest BCUT2D eigenvalue weighted by atomic mass is 19.1. The third kappa shape index (κ3) is 4.35. The summed E-state index contributed by atoms with van der Waals surface area (Å²) in [6, 6.07) is 11.4. The second kappa shape index (κ2) is 7.64. The summed E-state index contributed by atoms with van der Waals surface area (Å²) in [4.78, 5) is 11.8. The Balaban J connectivity index is 2.37. The number of amides is 1. The van der Waals surface area contributed by atoms with E-state index in [1.54, 1.807) is 36.4 Å². The van der Waals surface area contributed by atoms with Crippen molar-refractivity contribution in [1.82, 2.24) is 0 Å². The molecule has 0 unspecified atom stereocenters. The quantitative estimate of drug-likeness (QED) is 0.650. The Kier molecular flexibility index (Phi) is 5.58. The van der Waals surface area contributed by atoms with E-state index in [-0.39, 0.29) is 11.9 Å².